The molecule has 1 aromatic carbocycles. The Balaban J connectivity index is 2.81. The molecule has 100 valence electrons. The van der Waals surface area contributed by atoms with E-state index in [2.05, 4.69) is 0 Å². The second-order valence-electron chi connectivity index (χ2n) is 5.01. The number of aryl methyl sites for hydroxylation is 1. The van der Waals surface area contributed by atoms with E-state index in [0.29, 0.717) is 11.3 Å². The van der Waals surface area contributed by atoms with E-state index >= 15 is 0 Å². The van der Waals surface area contributed by atoms with E-state index in [1.807, 2.05) is 13.8 Å². The lowest BCUT2D eigenvalue weighted by molar-refractivity contribution is -0.385. The molecule has 0 spiro atoms. The summed E-state index contributed by atoms with van der Waals surface area (Å²) in [5.74, 6) is 0.436. The average Bonchev–Trinajstić information content (AvgIpc) is 2.27. The smallest absolute Gasteiger partial charge is 0.276 e. The average molecular weight is 253 g/mol. The van der Waals surface area contributed by atoms with Gasteiger partial charge in [-0.25, -0.2) is 0 Å². The Morgan fingerprint density at radius 2 is 2.11 bits per heavy atom. The Labute approximate surface area is 107 Å². The van der Waals surface area contributed by atoms with Crippen LogP contribution in [0.2, 0.25) is 0 Å². The maximum atomic E-state index is 10.8. The summed E-state index contributed by atoms with van der Waals surface area (Å²) in [6.45, 7) is 7.24. The SMILES string of the molecule is Cc1ccc(OCC(C)(O)C(C)C)cc1[N+](=O)[O-]. The van der Waals surface area contributed by atoms with E-state index in [0.717, 1.165) is 0 Å². The van der Waals surface area contributed by atoms with Crippen LogP contribution in [0.5, 0.6) is 5.75 Å². The van der Waals surface area contributed by atoms with Gasteiger partial charge in [-0.2, -0.15) is 0 Å². The minimum absolute atomic E-state index is 0.0247. The third kappa shape index (κ3) is 3.43. The molecule has 0 aliphatic carbocycles. The lowest BCUT2D eigenvalue weighted by Crippen LogP contribution is -2.37. The summed E-state index contributed by atoms with van der Waals surface area (Å²) in [5, 5.41) is 20.8. The number of hydrogen-bond acceptors (Lipinski definition) is 4. The van der Waals surface area contributed by atoms with Crippen LogP contribution in [0.3, 0.4) is 0 Å². The fourth-order valence-electron chi connectivity index (χ4n) is 1.27. The van der Waals surface area contributed by atoms with E-state index in [9.17, 15) is 15.2 Å². The molecule has 0 fully saturated rings. The van der Waals surface area contributed by atoms with Gasteiger partial charge in [0, 0.05) is 5.56 Å². The van der Waals surface area contributed by atoms with Crippen molar-refractivity contribution in [3.05, 3.63) is 33.9 Å². The van der Waals surface area contributed by atoms with Gasteiger partial charge in [0.05, 0.1) is 16.6 Å². The molecular formula is C13H19NO4. The summed E-state index contributed by atoms with van der Waals surface area (Å²) in [6, 6.07) is 4.68. The zero-order valence-corrected chi connectivity index (χ0v) is 11.1. The first kappa shape index (κ1) is 14.4. The Morgan fingerprint density at radius 1 is 1.50 bits per heavy atom. The molecule has 5 nitrogen and oxygen atoms in total. The summed E-state index contributed by atoms with van der Waals surface area (Å²) in [4.78, 5) is 10.3. The molecule has 1 atom stereocenters. The minimum Gasteiger partial charge on any atom is -0.490 e. The van der Waals surface area contributed by atoms with Crippen molar-refractivity contribution in [3.8, 4) is 5.75 Å². The van der Waals surface area contributed by atoms with Gasteiger partial charge in [0.2, 0.25) is 0 Å². The summed E-state index contributed by atoms with van der Waals surface area (Å²) >= 11 is 0. The Kier molecular flexibility index (Phi) is 4.29. The molecule has 0 amide bonds. The van der Waals surface area contributed by atoms with Gasteiger partial charge >= 0.3 is 0 Å². The first-order chi connectivity index (χ1) is 8.24. The standard InChI is InChI=1S/C13H19NO4/c1-9(2)13(4,15)8-18-11-6-5-10(3)12(7-11)14(16)17/h5-7,9,15H,8H2,1-4H3. The quantitative estimate of drug-likeness (QED) is 0.646. The van der Waals surface area contributed by atoms with Crippen LogP contribution in [0.25, 0.3) is 0 Å². The molecule has 1 rings (SSSR count). The second-order valence-corrected chi connectivity index (χ2v) is 5.01. The van der Waals surface area contributed by atoms with Crippen LogP contribution >= 0.6 is 0 Å². The molecule has 0 heterocycles. The number of rotatable bonds is 5. The molecule has 0 bridgehead atoms. The molecule has 1 aromatic rings. The first-order valence-electron chi connectivity index (χ1n) is 5.84. The number of aliphatic hydroxyl groups is 1. The third-order valence-electron chi connectivity index (χ3n) is 3.15. The van der Waals surface area contributed by atoms with Crippen LogP contribution in [0.15, 0.2) is 18.2 Å². The van der Waals surface area contributed by atoms with Crippen LogP contribution in [0.4, 0.5) is 5.69 Å². The first-order valence-corrected chi connectivity index (χ1v) is 5.84. The van der Waals surface area contributed by atoms with Gasteiger partial charge in [-0.3, -0.25) is 10.1 Å². The molecule has 0 aliphatic rings. The van der Waals surface area contributed by atoms with Crippen molar-refractivity contribution < 1.29 is 14.8 Å². The fourth-order valence-corrected chi connectivity index (χ4v) is 1.27. The molecule has 18 heavy (non-hydrogen) atoms. The molecule has 0 saturated heterocycles. The molecule has 5 heteroatoms. The summed E-state index contributed by atoms with van der Waals surface area (Å²) < 4.78 is 5.42. The molecule has 1 N–H and O–H groups in total. The maximum absolute atomic E-state index is 10.8. The molecule has 1 unspecified atom stereocenters. The van der Waals surface area contributed by atoms with Gasteiger partial charge in [0.1, 0.15) is 12.4 Å². The van der Waals surface area contributed by atoms with Crippen molar-refractivity contribution >= 4 is 5.69 Å². The number of ether oxygens (including phenoxy) is 1. The summed E-state index contributed by atoms with van der Waals surface area (Å²) in [5.41, 5.74) is -0.348. The number of nitro groups is 1. The van der Waals surface area contributed by atoms with Gasteiger partial charge in [0.15, 0.2) is 0 Å². The van der Waals surface area contributed by atoms with Crippen molar-refractivity contribution in [1.82, 2.24) is 0 Å². The minimum atomic E-state index is -0.959. The van der Waals surface area contributed by atoms with Crippen molar-refractivity contribution in [2.75, 3.05) is 6.61 Å². The number of nitro benzene ring substituents is 1. The van der Waals surface area contributed by atoms with E-state index in [4.69, 9.17) is 4.74 Å². The van der Waals surface area contributed by atoms with Crippen molar-refractivity contribution in [2.24, 2.45) is 5.92 Å². The van der Waals surface area contributed by atoms with Crippen molar-refractivity contribution in [2.45, 2.75) is 33.3 Å². The van der Waals surface area contributed by atoms with E-state index in [-0.39, 0.29) is 18.2 Å². The number of benzene rings is 1. The zero-order valence-electron chi connectivity index (χ0n) is 11.1. The Hall–Kier alpha value is -1.62. The lowest BCUT2D eigenvalue weighted by atomic mass is 9.94. The fraction of sp³-hybridized carbons (Fsp3) is 0.538. The van der Waals surface area contributed by atoms with Crippen molar-refractivity contribution in [1.29, 1.82) is 0 Å². The summed E-state index contributed by atoms with van der Waals surface area (Å²) in [6.07, 6.45) is 0. The van der Waals surface area contributed by atoms with Crippen LogP contribution in [0, 0.1) is 23.0 Å². The monoisotopic (exact) mass is 253 g/mol. The predicted octanol–water partition coefficient (Wildman–Crippen LogP) is 2.69. The highest BCUT2D eigenvalue weighted by molar-refractivity contribution is 5.45. The molecule has 0 aromatic heterocycles. The van der Waals surface area contributed by atoms with Crippen LogP contribution in [0.1, 0.15) is 26.3 Å². The molecular weight excluding hydrogens is 234 g/mol. The highest BCUT2D eigenvalue weighted by atomic mass is 16.6. The highest BCUT2D eigenvalue weighted by Gasteiger charge is 2.26. The van der Waals surface area contributed by atoms with Gasteiger partial charge in [-0.15, -0.1) is 0 Å². The van der Waals surface area contributed by atoms with Gasteiger partial charge in [-0.1, -0.05) is 13.8 Å². The highest BCUT2D eigenvalue weighted by Crippen LogP contribution is 2.25. The number of nitrogens with zero attached hydrogens (tertiary/aromatic N) is 1. The maximum Gasteiger partial charge on any atom is 0.276 e. The Bertz CT molecular complexity index is 441. The molecule has 0 radical (unpaired) electrons. The lowest BCUT2D eigenvalue weighted by Gasteiger charge is -2.27. The van der Waals surface area contributed by atoms with E-state index < -0.39 is 10.5 Å². The normalized spacial score (nSPS) is 14.3. The topological polar surface area (TPSA) is 72.6 Å². The second kappa shape index (κ2) is 5.35. The molecule has 0 saturated carbocycles. The molecule has 0 aliphatic heterocycles. The van der Waals surface area contributed by atoms with E-state index in [1.165, 1.54) is 6.07 Å². The van der Waals surface area contributed by atoms with Gasteiger partial charge in [0.25, 0.3) is 5.69 Å². The number of hydrogen-bond donors (Lipinski definition) is 1. The van der Waals surface area contributed by atoms with Crippen LogP contribution < -0.4 is 4.74 Å². The Morgan fingerprint density at radius 3 is 2.61 bits per heavy atom. The van der Waals surface area contributed by atoms with Crippen LogP contribution in [-0.2, 0) is 0 Å². The van der Waals surface area contributed by atoms with Crippen molar-refractivity contribution in [3.63, 3.8) is 0 Å². The third-order valence-corrected chi connectivity index (χ3v) is 3.15. The largest absolute Gasteiger partial charge is 0.490 e. The summed E-state index contributed by atoms with van der Waals surface area (Å²) in [7, 11) is 0. The van der Waals surface area contributed by atoms with Gasteiger partial charge < -0.3 is 9.84 Å². The van der Waals surface area contributed by atoms with E-state index in [1.54, 1.807) is 26.0 Å². The van der Waals surface area contributed by atoms with Crippen LogP contribution in [-0.4, -0.2) is 22.2 Å². The van der Waals surface area contributed by atoms with Gasteiger partial charge in [-0.05, 0) is 31.9 Å². The predicted molar refractivity (Wildman–Crippen MR) is 68.8 cm³/mol. The zero-order chi connectivity index (χ0) is 13.9.